The highest BCUT2D eigenvalue weighted by Crippen LogP contribution is 2.15. The standard InChI is InChI=1S/C13H19NO2/c15-13-7-2-1-5-11(13)9-14-10-12-6-3-4-8-16-12/h1-2,5,7,12,14-15H,3-4,6,8-10H2. The van der Waals surface area contributed by atoms with E-state index in [2.05, 4.69) is 5.32 Å². The van der Waals surface area contributed by atoms with Crippen molar-refractivity contribution in [2.45, 2.75) is 31.9 Å². The van der Waals surface area contributed by atoms with Gasteiger partial charge in [-0.25, -0.2) is 0 Å². The highest BCUT2D eigenvalue weighted by Gasteiger charge is 2.12. The Morgan fingerprint density at radius 1 is 1.31 bits per heavy atom. The average Bonchev–Trinajstić information content (AvgIpc) is 2.33. The molecule has 0 amide bonds. The molecule has 0 spiro atoms. The van der Waals surface area contributed by atoms with Gasteiger partial charge in [0.15, 0.2) is 0 Å². The van der Waals surface area contributed by atoms with Gasteiger partial charge in [-0.1, -0.05) is 18.2 Å². The molecular weight excluding hydrogens is 202 g/mol. The maximum absolute atomic E-state index is 9.58. The molecule has 3 nitrogen and oxygen atoms in total. The summed E-state index contributed by atoms with van der Waals surface area (Å²) in [6.45, 7) is 2.46. The molecular formula is C13H19NO2. The maximum atomic E-state index is 9.58. The Morgan fingerprint density at radius 3 is 2.94 bits per heavy atom. The van der Waals surface area contributed by atoms with E-state index >= 15 is 0 Å². The predicted octanol–water partition coefficient (Wildman–Crippen LogP) is 2.05. The van der Waals surface area contributed by atoms with Crippen LogP contribution in [0.15, 0.2) is 24.3 Å². The molecule has 1 fully saturated rings. The number of aromatic hydroxyl groups is 1. The van der Waals surface area contributed by atoms with E-state index in [1.807, 2.05) is 18.2 Å². The molecule has 1 heterocycles. The Labute approximate surface area is 96.4 Å². The highest BCUT2D eigenvalue weighted by molar-refractivity contribution is 5.31. The largest absolute Gasteiger partial charge is 0.508 e. The van der Waals surface area contributed by atoms with E-state index in [1.165, 1.54) is 12.8 Å². The Morgan fingerprint density at radius 2 is 2.19 bits per heavy atom. The van der Waals surface area contributed by atoms with E-state index in [0.29, 0.717) is 18.4 Å². The van der Waals surface area contributed by atoms with Crippen molar-refractivity contribution >= 4 is 0 Å². The lowest BCUT2D eigenvalue weighted by atomic mass is 10.1. The summed E-state index contributed by atoms with van der Waals surface area (Å²) in [5, 5.41) is 12.9. The van der Waals surface area contributed by atoms with Crippen LogP contribution in [-0.2, 0) is 11.3 Å². The van der Waals surface area contributed by atoms with Crippen molar-refractivity contribution in [1.82, 2.24) is 5.32 Å². The van der Waals surface area contributed by atoms with Crippen LogP contribution in [0.1, 0.15) is 24.8 Å². The van der Waals surface area contributed by atoms with Gasteiger partial charge < -0.3 is 15.2 Å². The van der Waals surface area contributed by atoms with Crippen LogP contribution in [0.25, 0.3) is 0 Å². The van der Waals surface area contributed by atoms with E-state index in [4.69, 9.17) is 4.74 Å². The fourth-order valence-electron chi connectivity index (χ4n) is 2.00. The molecule has 0 radical (unpaired) electrons. The van der Waals surface area contributed by atoms with Crippen LogP contribution in [0.3, 0.4) is 0 Å². The van der Waals surface area contributed by atoms with Crippen molar-refractivity contribution in [2.24, 2.45) is 0 Å². The van der Waals surface area contributed by atoms with E-state index < -0.39 is 0 Å². The van der Waals surface area contributed by atoms with Crippen LogP contribution >= 0.6 is 0 Å². The van der Waals surface area contributed by atoms with E-state index in [0.717, 1.165) is 25.1 Å². The SMILES string of the molecule is Oc1ccccc1CNCC1CCCCO1. The third-order valence-electron chi connectivity index (χ3n) is 2.95. The number of hydrogen-bond acceptors (Lipinski definition) is 3. The first kappa shape index (κ1) is 11.4. The van der Waals surface area contributed by atoms with Gasteiger partial charge in [-0.3, -0.25) is 0 Å². The second-order valence-electron chi connectivity index (χ2n) is 4.25. The Kier molecular flexibility index (Phi) is 4.19. The van der Waals surface area contributed by atoms with Gasteiger partial charge in [0.1, 0.15) is 5.75 Å². The monoisotopic (exact) mass is 221 g/mol. The minimum absolute atomic E-state index is 0.347. The number of phenolic OH excluding ortho intramolecular Hbond substituents is 1. The van der Waals surface area contributed by atoms with Gasteiger partial charge in [0.05, 0.1) is 6.10 Å². The number of nitrogens with one attached hydrogen (secondary N) is 1. The molecule has 1 aromatic rings. The lowest BCUT2D eigenvalue weighted by Gasteiger charge is -2.22. The molecule has 0 saturated carbocycles. The van der Waals surface area contributed by atoms with Gasteiger partial charge in [-0.15, -0.1) is 0 Å². The summed E-state index contributed by atoms with van der Waals surface area (Å²) in [7, 11) is 0. The van der Waals surface area contributed by atoms with Crippen molar-refractivity contribution in [3.63, 3.8) is 0 Å². The smallest absolute Gasteiger partial charge is 0.120 e. The number of para-hydroxylation sites is 1. The molecule has 1 atom stereocenters. The number of rotatable bonds is 4. The average molecular weight is 221 g/mol. The summed E-state index contributed by atoms with van der Waals surface area (Å²) < 4.78 is 5.62. The third kappa shape index (κ3) is 3.22. The molecule has 16 heavy (non-hydrogen) atoms. The topological polar surface area (TPSA) is 41.5 Å². The number of phenols is 1. The zero-order valence-corrected chi connectivity index (χ0v) is 9.48. The molecule has 1 saturated heterocycles. The van der Waals surface area contributed by atoms with Crippen LogP contribution in [0.2, 0.25) is 0 Å². The number of hydrogen-bond donors (Lipinski definition) is 2. The summed E-state index contributed by atoms with van der Waals surface area (Å²) in [6.07, 6.45) is 3.95. The molecule has 2 N–H and O–H groups in total. The molecule has 1 aliphatic heterocycles. The van der Waals surface area contributed by atoms with E-state index in [-0.39, 0.29) is 0 Å². The molecule has 0 aromatic heterocycles. The molecule has 0 aliphatic carbocycles. The Bertz CT molecular complexity index is 321. The Balaban J connectivity index is 1.73. The third-order valence-corrected chi connectivity index (χ3v) is 2.95. The number of ether oxygens (including phenoxy) is 1. The second kappa shape index (κ2) is 5.87. The Hall–Kier alpha value is -1.06. The lowest BCUT2D eigenvalue weighted by Crippen LogP contribution is -2.31. The molecule has 3 heteroatoms. The maximum Gasteiger partial charge on any atom is 0.120 e. The van der Waals surface area contributed by atoms with Crippen LogP contribution < -0.4 is 5.32 Å². The van der Waals surface area contributed by atoms with Crippen LogP contribution in [0.4, 0.5) is 0 Å². The van der Waals surface area contributed by atoms with Gasteiger partial charge in [-0.05, 0) is 25.3 Å². The van der Waals surface area contributed by atoms with Gasteiger partial charge >= 0.3 is 0 Å². The fourth-order valence-corrected chi connectivity index (χ4v) is 2.00. The zero-order valence-electron chi connectivity index (χ0n) is 9.48. The van der Waals surface area contributed by atoms with Gasteiger partial charge in [0.2, 0.25) is 0 Å². The van der Waals surface area contributed by atoms with Crippen molar-refractivity contribution in [3.05, 3.63) is 29.8 Å². The molecule has 1 unspecified atom stereocenters. The molecule has 0 bridgehead atoms. The summed E-state index contributed by atoms with van der Waals surface area (Å²) in [5.41, 5.74) is 0.943. The minimum Gasteiger partial charge on any atom is -0.508 e. The summed E-state index contributed by atoms with van der Waals surface area (Å²) in [5.74, 6) is 0.361. The molecule has 2 rings (SSSR count). The zero-order chi connectivity index (χ0) is 11.2. The normalized spacial score (nSPS) is 20.9. The van der Waals surface area contributed by atoms with Gasteiger partial charge in [0.25, 0.3) is 0 Å². The quantitative estimate of drug-likeness (QED) is 0.817. The molecule has 88 valence electrons. The van der Waals surface area contributed by atoms with E-state index in [9.17, 15) is 5.11 Å². The van der Waals surface area contributed by atoms with E-state index in [1.54, 1.807) is 6.07 Å². The van der Waals surface area contributed by atoms with Gasteiger partial charge in [-0.2, -0.15) is 0 Å². The summed E-state index contributed by atoms with van der Waals surface area (Å²) >= 11 is 0. The van der Waals surface area contributed by atoms with Crippen molar-refractivity contribution in [2.75, 3.05) is 13.2 Å². The molecule has 1 aliphatic rings. The first-order valence-corrected chi connectivity index (χ1v) is 5.95. The summed E-state index contributed by atoms with van der Waals surface area (Å²) in [4.78, 5) is 0. The second-order valence-corrected chi connectivity index (χ2v) is 4.25. The first-order valence-electron chi connectivity index (χ1n) is 5.95. The summed E-state index contributed by atoms with van der Waals surface area (Å²) in [6, 6.07) is 7.43. The predicted molar refractivity (Wildman–Crippen MR) is 63.4 cm³/mol. The van der Waals surface area contributed by atoms with Crippen LogP contribution in [-0.4, -0.2) is 24.4 Å². The van der Waals surface area contributed by atoms with Gasteiger partial charge in [0, 0.05) is 25.3 Å². The van der Waals surface area contributed by atoms with Crippen molar-refractivity contribution in [1.29, 1.82) is 0 Å². The van der Waals surface area contributed by atoms with Crippen LogP contribution in [0, 0.1) is 0 Å². The molecule has 1 aromatic carbocycles. The first-order chi connectivity index (χ1) is 7.86. The fraction of sp³-hybridized carbons (Fsp3) is 0.538. The lowest BCUT2D eigenvalue weighted by molar-refractivity contribution is 0.0167. The minimum atomic E-state index is 0.347. The van der Waals surface area contributed by atoms with Crippen molar-refractivity contribution < 1.29 is 9.84 Å². The van der Waals surface area contributed by atoms with Crippen LogP contribution in [0.5, 0.6) is 5.75 Å². The van der Waals surface area contributed by atoms with Crippen molar-refractivity contribution in [3.8, 4) is 5.75 Å². The highest BCUT2D eigenvalue weighted by atomic mass is 16.5. The number of benzene rings is 1.